The molecule has 22 heavy (non-hydrogen) atoms. The van der Waals surface area contributed by atoms with E-state index < -0.39 is 11.7 Å². The van der Waals surface area contributed by atoms with Gasteiger partial charge in [-0.2, -0.15) is 0 Å². The summed E-state index contributed by atoms with van der Waals surface area (Å²) in [7, 11) is 0. The molecule has 5 heteroatoms. The van der Waals surface area contributed by atoms with Crippen molar-refractivity contribution in [2.24, 2.45) is 0 Å². The molecule has 0 aromatic carbocycles. The number of carbonyl (C=O) groups is 2. The van der Waals surface area contributed by atoms with Crippen LogP contribution >= 0.6 is 0 Å². The quantitative estimate of drug-likeness (QED) is 0.485. The molecule has 0 saturated carbocycles. The summed E-state index contributed by atoms with van der Waals surface area (Å²) in [6.45, 7) is 10.2. The number of carbonyl (C=O) groups excluding carboxylic acids is 2. The summed E-state index contributed by atoms with van der Waals surface area (Å²) in [4.78, 5) is 23.1. The van der Waals surface area contributed by atoms with Crippen LogP contribution in [-0.4, -0.2) is 30.3 Å². The molecule has 0 aliphatic rings. The summed E-state index contributed by atoms with van der Waals surface area (Å²) >= 11 is 0. The predicted molar refractivity (Wildman–Crippen MR) is 87.8 cm³/mol. The molecule has 0 aromatic heterocycles. The van der Waals surface area contributed by atoms with E-state index in [-0.39, 0.29) is 12.1 Å². The number of hydrogen-bond donors (Lipinski definition) is 1. The number of nitrogens with one attached hydrogen (secondary N) is 1. The Hall–Kier alpha value is -1.26. The fourth-order valence-corrected chi connectivity index (χ4v) is 1.99. The molecular weight excluding hydrogens is 282 g/mol. The molecule has 1 unspecified atom stereocenters. The number of rotatable bonds is 10. The van der Waals surface area contributed by atoms with Crippen LogP contribution in [0.25, 0.3) is 0 Å². The zero-order valence-corrected chi connectivity index (χ0v) is 14.9. The van der Waals surface area contributed by atoms with Crippen molar-refractivity contribution in [2.75, 3.05) is 6.54 Å². The van der Waals surface area contributed by atoms with E-state index in [1.807, 2.05) is 27.7 Å². The Balaban J connectivity index is 3.60. The van der Waals surface area contributed by atoms with Gasteiger partial charge in [0.15, 0.2) is 0 Å². The van der Waals surface area contributed by atoms with Gasteiger partial charge in [0.1, 0.15) is 11.7 Å². The third-order valence-electron chi connectivity index (χ3n) is 3.09. The zero-order valence-electron chi connectivity index (χ0n) is 14.9. The second kappa shape index (κ2) is 11.3. The van der Waals surface area contributed by atoms with Crippen LogP contribution in [0.2, 0.25) is 0 Å². The van der Waals surface area contributed by atoms with Crippen molar-refractivity contribution in [3.05, 3.63) is 0 Å². The SMILES string of the molecule is CCCC(CC)OC(=O)CCCCCNC(=O)OC(C)(C)C. The Morgan fingerprint density at radius 1 is 1.09 bits per heavy atom. The normalized spacial score (nSPS) is 12.6. The summed E-state index contributed by atoms with van der Waals surface area (Å²) in [5, 5.41) is 2.71. The lowest BCUT2D eigenvalue weighted by atomic mass is 10.1. The van der Waals surface area contributed by atoms with Gasteiger partial charge in [0.05, 0.1) is 0 Å². The predicted octanol–water partition coefficient (Wildman–Crippen LogP) is 4.19. The molecule has 1 amide bonds. The molecule has 0 bridgehead atoms. The third kappa shape index (κ3) is 12.5. The minimum Gasteiger partial charge on any atom is -0.462 e. The largest absolute Gasteiger partial charge is 0.462 e. The van der Waals surface area contributed by atoms with Crippen LogP contribution in [0.5, 0.6) is 0 Å². The molecule has 1 N–H and O–H groups in total. The zero-order chi connectivity index (χ0) is 17.0. The van der Waals surface area contributed by atoms with Crippen LogP contribution in [0.1, 0.15) is 79.6 Å². The molecule has 5 nitrogen and oxygen atoms in total. The fourth-order valence-electron chi connectivity index (χ4n) is 1.99. The minimum absolute atomic E-state index is 0.0614. The number of ether oxygens (including phenoxy) is 2. The lowest BCUT2D eigenvalue weighted by Crippen LogP contribution is -2.33. The molecule has 0 saturated heterocycles. The Bertz CT molecular complexity index is 323. The maximum absolute atomic E-state index is 11.7. The van der Waals surface area contributed by atoms with Crippen LogP contribution in [0, 0.1) is 0 Å². The van der Waals surface area contributed by atoms with Crippen molar-refractivity contribution < 1.29 is 19.1 Å². The van der Waals surface area contributed by atoms with Gasteiger partial charge in [-0.05, 0) is 46.5 Å². The maximum atomic E-state index is 11.7. The number of esters is 1. The highest BCUT2D eigenvalue weighted by Gasteiger charge is 2.15. The molecule has 0 spiro atoms. The van der Waals surface area contributed by atoms with Gasteiger partial charge in [-0.3, -0.25) is 4.79 Å². The van der Waals surface area contributed by atoms with Crippen LogP contribution in [0.15, 0.2) is 0 Å². The Morgan fingerprint density at radius 3 is 2.32 bits per heavy atom. The van der Waals surface area contributed by atoms with Crippen molar-refractivity contribution in [3.8, 4) is 0 Å². The summed E-state index contributed by atoms with van der Waals surface area (Å²) in [6.07, 6.45) is 5.46. The van der Waals surface area contributed by atoms with Gasteiger partial charge in [-0.15, -0.1) is 0 Å². The van der Waals surface area contributed by atoms with Crippen LogP contribution < -0.4 is 5.32 Å². The standard InChI is InChI=1S/C17H33NO4/c1-6-11-14(7-2)21-15(19)12-9-8-10-13-18-16(20)22-17(3,4)5/h14H,6-13H2,1-5H3,(H,18,20). The number of alkyl carbamates (subject to hydrolysis) is 1. The third-order valence-corrected chi connectivity index (χ3v) is 3.09. The van der Waals surface area contributed by atoms with E-state index >= 15 is 0 Å². The fraction of sp³-hybridized carbons (Fsp3) is 0.882. The molecule has 0 aliphatic heterocycles. The van der Waals surface area contributed by atoms with Gasteiger partial charge >= 0.3 is 12.1 Å². The van der Waals surface area contributed by atoms with Gasteiger partial charge in [0, 0.05) is 13.0 Å². The van der Waals surface area contributed by atoms with Gasteiger partial charge in [0.25, 0.3) is 0 Å². The molecule has 0 aliphatic carbocycles. The Labute approximate surface area is 135 Å². The van der Waals surface area contributed by atoms with Crippen molar-refractivity contribution in [2.45, 2.75) is 91.3 Å². The molecule has 0 fully saturated rings. The highest BCUT2D eigenvalue weighted by Crippen LogP contribution is 2.10. The second-order valence-electron chi connectivity index (χ2n) is 6.55. The lowest BCUT2D eigenvalue weighted by Gasteiger charge is -2.19. The van der Waals surface area contributed by atoms with Gasteiger partial charge in [-0.1, -0.05) is 26.7 Å². The molecule has 0 aromatic rings. The van der Waals surface area contributed by atoms with Gasteiger partial charge in [0.2, 0.25) is 0 Å². The highest BCUT2D eigenvalue weighted by molar-refractivity contribution is 5.69. The van der Waals surface area contributed by atoms with E-state index in [1.165, 1.54) is 0 Å². The van der Waals surface area contributed by atoms with E-state index in [0.717, 1.165) is 38.5 Å². The molecule has 1 atom stereocenters. The lowest BCUT2D eigenvalue weighted by molar-refractivity contribution is -0.149. The average molecular weight is 315 g/mol. The van der Waals surface area contributed by atoms with Crippen molar-refractivity contribution in [1.82, 2.24) is 5.32 Å². The van der Waals surface area contributed by atoms with Crippen molar-refractivity contribution >= 4 is 12.1 Å². The highest BCUT2D eigenvalue weighted by atomic mass is 16.6. The number of amides is 1. The van der Waals surface area contributed by atoms with Crippen LogP contribution in [0.3, 0.4) is 0 Å². The first-order valence-corrected chi connectivity index (χ1v) is 8.44. The summed E-state index contributed by atoms with van der Waals surface area (Å²) in [5.74, 6) is -0.111. The average Bonchev–Trinajstić information content (AvgIpc) is 2.40. The molecular formula is C17H33NO4. The summed E-state index contributed by atoms with van der Waals surface area (Å²) in [6, 6.07) is 0. The van der Waals surface area contributed by atoms with Crippen LogP contribution in [-0.2, 0) is 14.3 Å². The van der Waals surface area contributed by atoms with Gasteiger partial charge in [-0.25, -0.2) is 4.79 Å². The van der Waals surface area contributed by atoms with Crippen molar-refractivity contribution in [3.63, 3.8) is 0 Å². The van der Waals surface area contributed by atoms with E-state index in [4.69, 9.17) is 9.47 Å². The Kier molecular flexibility index (Phi) is 10.7. The summed E-state index contributed by atoms with van der Waals surface area (Å²) in [5.41, 5.74) is -0.470. The van der Waals surface area contributed by atoms with E-state index in [1.54, 1.807) is 0 Å². The summed E-state index contributed by atoms with van der Waals surface area (Å²) < 4.78 is 10.5. The molecule has 0 radical (unpaired) electrons. The first kappa shape index (κ1) is 20.7. The second-order valence-corrected chi connectivity index (χ2v) is 6.55. The first-order chi connectivity index (χ1) is 10.3. The topological polar surface area (TPSA) is 64.6 Å². The minimum atomic E-state index is -0.470. The first-order valence-electron chi connectivity index (χ1n) is 8.44. The van der Waals surface area contributed by atoms with Crippen molar-refractivity contribution in [1.29, 1.82) is 0 Å². The van der Waals surface area contributed by atoms with Crippen LogP contribution in [0.4, 0.5) is 4.79 Å². The van der Waals surface area contributed by atoms with E-state index in [9.17, 15) is 9.59 Å². The Morgan fingerprint density at radius 2 is 1.77 bits per heavy atom. The van der Waals surface area contributed by atoms with E-state index in [0.29, 0.717) is 13.0 Å². The number of hydrogen-bond acceptors (Lipinski definition) is 4. The monoisotopic (exact) mass is 315 g/mol. The molecule has 130 valence electrons. The molecule has 0 rings (SSSR count). The molecule has 0 heterocycles. The maximum Gasteiger partial charge on any atom is 0.407 e. The number of unbranched alkanes of at least 4 members (excludes halogenated alkanes) is 2. The smallest absolute Gasteiger partial charge is 0.407 e. The van der Waals surface area contributed by atoms with Gasteiger partial charge < -0.3 is 14.8 Å². The van der Waals surface area contributed by atoms with E-state index in [2.05, 4.69) is 12.2 Å².